The van der Waals surface area contributed by atoms with Crippen LogP contribution in [0.3, 0.4) is 0 Å². The molecule has 5 rings (SSSR count). The van der Waals surface area contributed by atoms with Gasteiger partial charge < -0.3 is 34.8 Å². The third-order valence-electron chi connectivity index (χ3n) is 7.47. The van der Waals surface area contributed by atoms with Crippen molar-refractivity contribution in [3.63, 3.8) is 0 Å². The van der Waals surface area contributed by atoms with E-state index in [0.29, 0.717) is 18.2 Å². The number of nitrogens with one attached hydrogen (secondary N) is 2. The molecule has 3 aliphatic heterocycles. The number of ether oxygens (including phenoxy) is 2. The highest BCUT2D eigenvalue weighted by Crippen LogP contribution is 2.38. The molecule has 2 aromatic rings. The average Bonchev–Trinajstić information content (AvgIpc) is 2.92. The van der Waals surface area contributed by atoms with Crippen molar-refractivity contribution in [1.29, 1.82) is 5.26 Å². The predicted octanol–water partition coefficient (Wildman–Crippen LogP) is 2.41. The van der Waals surface area contributed by atoms with Crippen LogP contribution in [0.2, 0.25) is 0 Å². The molecular weight excluding hydrogens is 454 g/mol. The third kappa shape index (κ3) is 5.21. The van der Waals surface area contributed by atoms with E-state index in [1.54, 1.807) is 7.11 Å². The highest BCUT2D eigenvalue weighted by atomic mass is 16.7. The number of para-hydroxylation sites is 2. The Morgan fingerprint density at radius 3 is 2.64 bits per heavy atom. The molecule has 0 saturated carbocycles. The number of nitriles is 1. The van der Waals surface area contributed by atoms with Crippen LogP contribution in [0.15, 0.2) is 24.3 Å². The zero-order valence-electron chi connectivity index (χ0n) is 21.4. The molecule has 1 aromatic heterocycles. The standard InChI is InChI=1S/C27H37N7O2/c1-32-12-7-20(8-13-32)30-27-22(17-28)26(33-15-10-29-11-16-33)21-9-14-34(18-23(21)31-27)24-5-3-4-6-25(24)36-19-35-2/h3-6,20,29H,7-16,18-19H2,1-2H3,(H,30,31). The molecule has 0 radical (unpaired) electrons. The molecular formula is C27H37N7O2. The highest BCUT2D eigenvalue weighted by molar-refractivity contribution is 5.75. The van der Waals surface area contributed by atoms with Gasteiger partial charge in [0.05, 0.1) is 23.6 Å². The first-order valence-electron chi connectivity index (χ1n) is 13.0. The summed E-state index contributed by atoms with van der Waals surface area (Å²) < 4.78 is 11.0. The topological polar surface area (TPSA) is 88.9 Å². The number of pyridine rings is 1. The molecule has 0 spiro atoms. The van der Waals surface area contributed by atoms with Crippen molar-refractivity contribution < 1.29 is 9.47 Å². The molecule has 9 heteroatoms. The fourth-order valence-corrected chi connectivity index (χ4v) is 5.52. The van der Waals surface area contributed by atoms with Crippen LogP contribution in [0.4, 0.5) is 17.2 Å². The van der Waals surface area contributed by atoms with Crippen LogP contribution < -0.4 is 25.2 Å². The molecule has 0 aliphatic carbocycles. The van der Waals surface area contributed by atoms with Crippen LogP contribution >= 0.6 is 0 Å². The van der Waals surface area contributed by atoms with Gasteiger partial charge in [-0.1, -0.05) is 12.1 Å². The minimum atomic E-state index is 0.211. The molecule has 1 aromatic carbocycles. The van der Waals surface area contributed by atoms with Crippen molar-refractivity contribution in [1.82, 2.24) is 15.2 Å². The number of hydrogen-bond donors (Lipinski definition) is 2. The summed E-state index contributed by atoms with van der Waals surface area (Å²) in [5.74, 6) is 1.55. The van der Waals surface area contributed by atoms with Gasteiger partial charge in [0.2, 0.25) is 0 Å². The zero-order valence-corrected chi connectivity index (χ0v) is 21.4. The van der Waals surface area contributed by atoms with Gasteiger partial charge in [0.25, 0.3) is 0 Å². The number of anilines is 3. The number of hydrogen-bond acceptors (Lipinski definition) is 9. The second kappa shape index (κ2) is 11.3. The molecule has 0 bridgehead atoms. The monoisotopic (exact) mass is 491 g/mol. The van der Waals surface area contributed by atoms with E-state index in [0.717, 1.165) is 93.7 Å². The van der Waals surface area contributed by atoms with Gasteiger partial charge in [-0.15, -0.1) is 0 Å². The minimum Gasteiger partial charge on any atom is -0.465 e. The first-order valence-corrected chi connectivity index (χ1v) is 13.0. The number of piperazine rings is 1. The Morgan fingerprint density at radius 1 is 1.11 bits per heavy atom. The number of piperidine rings is 1. The van der Waals surface area contributed by atoms with Crippen LogP contribution in [0.1, 0.15) is 29.7 Å². The second-order valence-electron chi connectivity index (χ2n) is 9.87. The summed E-state index contributed by atoms with van der Waals surface area (Å²) in [6.45, 7) is 7.49. The largest absolute Gasteiger partial charge is 0.465 e. The van der Waals surface area contributed by atoms with E-state index in [1.165, 1.54) is 5.56 Å². The van der Waals surface area contributed by atoms with E-state index in [2.05, 4.69) is 44.5 Å². The van der Waals surface area contributed by atoms with Gasteiger partial charge in [-0.25, -0.2) is 4.98 Å². The Bertz CT molecular complexity index is 1090. The maximum Gasteiger partial charge on any atom is 0.188 e. The molecule has 2 fully saturated rings. The number of methoxy groups -OCH3 is 1. The Kier molecular flexibility index (Phi) is 7.75. The SMILES string of the molecule is COCOc1ccccc1N1CCc2c(nc(NC3CCN(C)CC3)c(C#N)c2N2CCNCC2)C1. The molecule has 3 aliphatic rings. The third-order valence-corrected chi connectivity index (χ3v) is 7.47. The average molecular weight is 492 g/mol. The minimum absolute atomic E-state index is 0.211. The molecule has 0 unspecified atom stereocenters. The summed E-state index contributed by atoms with van der Waals surface area (Å²) in [7, 11) is 3.80. The van der Waals surface area contributed by atoms with Gasteiger partial charge in [0, 0.05) is 51.4 Å². The maximum atomic E-state index is 10.3. The smallest absolute Gasteiger partial charge is 0.188 e. The molecule has 0 amide bonds. The molecule has 36 heavy (non-hydrogen) atoms. The van der Waals surface area contributed by atoms with Crippen LogP contribution in [0, 0.1) is 11.3 Å². The number of benzene rings is 1. The van der Waals surface area contributed by atoms with Crippen LogP contribution in [-0.4, -0.2) is 82.7 Å². The van der Waals surface area contributed by atoms with Crippen LogP contribution in [0.5, 0.6) is 5.75 Å². The van der Waals surface area contributed by atoms with E-state index in [1.807, 2.05) is 18.2 Å². The number of likely N-dealkylation sites (tertiary alicyclic amines) is 1. The fourth-order valence-electron chi connectivity index (χ4n) is 5.52. The van der Waals surface area contributed by atoms with Gasteiger partial charge in [-0.3, -0.25) is 0 Å². The second-order valence-corrected chi connectivity index (χ2v) is 9.87. The van der Waals surface area contributed by atoms with E-state index < -0.39 is 0 Å². The summed E-state index contributed by atoms with van der Waals surface area (Å²) in [6, 6.07) is 11.0. The summed E-state index contributed by atoms with van der Waals surface area (Å²) in [5, 5.41) is 17.5. The van der Waals surface area contributed by atoms with Crippen LogP contribution in [0.25, 0.3) is 0 Å². The van der Waals surface area contributed by atoms with Crippen LogP contribution in [-0.2, 0) is 17.7 Å². The fraction of sp³-hybridized carbons (Fsp3) is 0.556. The van der Waals surface area contributed by atoms with Crippen molar-refractivity contribution >= 4 is 17.2 Å². The summed E-state index contributed by atoms with van der Waals surface area (Å²) in [5.41, 5.74) is 5.09. The number of nitrogens with zero attached hydrogens (tertiary/aromatic N) is 5. The van der Waals surface area contributed by atoms with Crippen molar-refractivity contribution in [3.05, 3.63) is 41.1 Å². The van der Waals surface area contributed by atoms with Gasteiger partial charge >= 0.3 is 0 Å². The lowest BCUT2D eigenvalue weighted by molar-refractivity contribution is 0.0514. The zero-order chi connectivity index (χ0) is 24.9. The van der Waals surface area contributed by atoms with Crippen molar-refractivity contribution in [2.75, 3.05) is 81.9 Å². The lowest BCUT2D eigenvalue weighted by Crippen LogP contribution is -2.45. The first-order chi connectivity index (χ1) is 17.7. The molecule has 2 N–H and O–H groups in total. The molecule has 4 heterocycles. The quantitative estimate of drug-likeness (QED) is 0.567. The first kappa shape index (κ1) is 24.6. The van der Waals surface area contributed by atoms with E-state index in [4.69, 9.17) is 14.5 Å². The normalized spacial score (nSPS) is 19.0. The summed E-state index contributed by atoms with van der Waals surface area (Å²) in [6.07, 6.45) is 2.95. The summed E-state index contributed by atoms with van der Waals surface area (Å²) >= 11 is 0. The molecule has 0 atom stereocenters. The van der Waals surface area contributed by atoms with Gasteiger partial charge in [-0.05, 0) is 51.5 Å². The Labute approximate surface area is 214 Å². The van der Waals surface area contributed by atoms with Gasteiger partial charge in [0.15, 0.2) is 6.79 Å². The van der Waals surface area contributed by atoms with Gasteiger partial charge in [0.1, 0.15) is 23.2 Å². The van der Waals surface area contributed by atoms with Crippen molar-refractivity contribution in [2.45, 2.75) is 31.8 Å². The van der Waals surface area contributed by atoms with E-state index in [-0.39, 0.29) is 6.79 Å². The number of rotatable bonds is 7. The molecule has 192 valence electrons. The van der Waals surface area contributed by atoms with E-state index in [9.17, 15) is 5.26 Å². The number of fused-ring (bicyclic) bond motifs is 1. The maximum absolute atomic E-state index is 10.3. The Balaban J connectivity index is 1.50. The highest BCUT2D eigenvalue weighted by Gasteiger charge is 2.30. The summed E-state index contributed by atoms with van der Waals surface area (Å²) in [4.78, 5) is 12.2. The predicted molar refractivity (Wildman–Crippen MR) is 142 cm³/mol. The lowest BCUT2D eigenvalue weighted by atomic mass is 9.97. The lowest BCUT2D eigenvalue weighted by Gasteiger charge is -2.38. The molecule has 2 saturated heterocycles. The van der Waals surface area contributed by atoms with Crippen molar-refractivity contribution in [3.8, 4) is 11.8 Å². The molecule has 9 nitrogen and oxygen atoms in total. The van der Waals surface area contributed by atoms with E-state index >= 15 is 0 Å². The Hall–Kier alpha value is -3.06. The number of aromatic nitrogens is 1. The van der Waals surface area contributed by atoms with Crippen molar-refractivity contribution in [2.24, 2.45) is 0 Å². The Morgan fingerprint density at radius 2 is 1.89 bits per heavy atom. The van der Waals surface area contributed by atoms with Gasteiger partial charge in [-0.2, -0.15) is 5.26 Å².